The van der Waals surface area contributed by atoms with Crippen molar-refractivity contribution in [3.8, 4) is 5.75 Å². The molecule has 1 aromatic carbocycles. The summed E-state index contributed by atoms with van der Waals surface area (Å²) in [7, 11) is 2.84. The van der Waals surface area contributed by atoms with E-state index in [9.17, 15) is 22.8 Å². The van der Waals surface area contributed by atoms with E-state index in [1.54, 1.807) is 12.0 Å². The summed E-state index contributed by atoms with van der Waals surface area (Å²) in [5, 5.41) is 10.5. The van der Waals surface area contributed by atoms with E-state index in [-0.39, 0.29) is 37.0 Å². The number of hydrogen-bond acceptors (Lipinski definition) is 11. The molecule has 0 fully saturated rings. The number of methoxy groups -OCH3 is 2. The van der Waals surface area contributed by atoms with Crippen molar-refractivity contribution < 1.29 is 32.2 Å². The Morgan fingerprint density at radius 1 is 1.14 bits per heavy atom. The van der Waals surface area contributed by atoms with Gasteiger partial charge in [0.05, 0.1) is 26.2 Å². The fourth-order valence-corrected chi connectivity index (χ4v) is 6.89. The van der Waals surface area contributed by atoms with Crippen LogP contribution in [-0.4, -0.2) is 69.2 Å². The third-order valence-electron chi connectivity index (χ3n) is 6.93. The highest BCUT2D eigenvalue weighted by Gasteiger charge is 2.40. The van der Waals surface area contributed by atoms with E-state index in [0.29, 0.717) is 21.8 Å². The van der Waals surface area contributed by atoms with E-state index in [4.69, 9.17) is 9.47 Å². The maximum atomic E-state index is 13.5. The number of halogens is 3. The van der Waals surface area contributed by atoms with Crippen LogP contribution in [0.5, 0.6) is 5.75 Å². The van der Waals surface area contributed by atoms with E-state index < -0.39 is 29.9 Å². The van der Waals surface area contributed by atoms with Crippen LogP contribution in [0.15, 0.2) is 30.3 Å². The fourth-order valence-electron chi connectivity index (χ4n) is 4.77. The number of ether oxygens (including phenoxy) is 2. The molecule has 4 aromatic rings. The Balaban J connectivity index is 1.38. The number of esters is 1. The molecular weight excluding hydrogens is 619 g/mol. The third kappa shape index (κ3) is 6.90. The van der Waals surface area contributed by atoms with Crippen molar-refractivity contribution in [1.82, 2.24) is 30.0 Å². The third-order valence-corrected chi connectivity index (χ3v) is 9.13. The van der Waals surface area contributed by atoms with Crippen molar-refractivity contribution in [2.45, 2.75) is 50.8 Å². The smallest absolute Gasteiger partial charge is 0.451 e. The highest BCUT2D eigenvalue weighted by Crippen LogP contribution is 2.35. The largest absolute Gasteiger partial charge is 0.497 e. The fraction of sp³-hybridized carbons (Fsp3) is 0.429. The molecule has 0 saturated carbocycles. The standard InChI is InChI=1S/C28H30F3N7O4S2/c1-4-5-18-12-19-23(37-10-11-38-21(13-37)35-36-27(38)28(29,30)31)33-22(34-25(19)44-18)24(39)32-20(26(40)42-3)15-43-14-16-6-8-17(41-2)9-7-16/h6-9,12,20H,4-5,10-11,13-15H2,1-3H3,(H,32,39)/t20-/m0/s1. The van der Waals surface area contributed by atoms with Gasteiger partial charge in [-0.15, -0.1) is 21.5 Å². The number of hydrogen-bond donors (Lipinski definition) is 1. The van der Waals surface area contributed by atoms with Crippen molar-refractivity contribution in [3.05, 3.63) is 58.2 Å². The number of nitrogens with one attached hydrogen (secondary N) is 1. The molecule has 5 rings (SSSR count). The Kier molecular flexibility index (Phi) is 9.58. The number of alkyl halides is 3. The first-order chi connectivity index (χ1) is 21.1. The lowest BCUT2D eigenvalue weighted by molar-refractivity contribution is -0.147. The molecule has 1 atom stereocenters. The molecule has 11 nitrogen and oxygen atoms in total. The van der Waals surface area contributed by atoms with Crippen LogP contribution in [0.3, 0.4) is 0 Å². The van der Waals surface area contributed by atoms with E-state index >= 15 is 0 Å². The number of benzene rings is 1. The van der Waals surface area contributed by atoms with Crippen LogP contribution < -0.4 is 15.0 Å². The van der Waals surface area contributed by atoms with Crippen LogP contribution in [0.1, 0.15) is 46.1 Å². The topological polar surface area (TPSA) is 124 Å². The zero-order valence-electron chi connectivity index (χ0n) is 24.2. The molecule has 4 heterocycles. The molecule has 44 heavy (non-hydrogen) atoms. The summed E-state index contributed by atoms with van der Waals surface area (Å²) in [6.45, 7) is 2.24. The van der Waals surface area contributed by atoms with Crippen molar-refractivity contribution in [1.29, 1.82) is 0 Å². The number of nitrogens with zero attached hydrogens (tertiary/aromatic N) is 6. The zero-order valence-corrected chi connectivity index (χ0v) is 25.8. The molecule has 16 heteroatoms. The van der Waals surface area contributed by atoms with Crippen LogP contribution in [-0.2, 0) is 41.0 Å². The van der Waals surface area contributed by atoms with Gasteiger partial charge in [0, 0.05) is 29.5 Å². The summed E-state index contributed by atoms with van der Waals surface area (Å²) in [4.78, 5) is 38.5. The minimum absolute atomic E-state index is 0.00795. The summed E-state index contributed by atoms with van der Waals surface area (Å²) < 4.78 is 51.4. The SMILES string of the molecule is CCCc1cc2c(N3CCn4c(nnc4C(F)(F)F)C3)nc(C(=O)N[C@@H](CSCc3ccc(OC)cc3)C(=O)OC)nc2s1. The molecule has 0 aliphatic carbocycles. The lowest BCUT2D eigenvalue weighted by Gasteiger charge is -2.29. The van der Waals surface area contributed by atoms with Crippen molar-refractivity contribution in [2.75, 3.05) is 31.4 Å². The van der Waals surface area contributed by atoms with Gasteiger partial charge in [0.1, 0.15) is 22.4 Å². The molecule has 0 bridgehead atoms. The minimum atomic E-state index is -4.62. The Morgan fingerprint density at radius 2 is 1.91 bits per heavy atom. The second-order valence-electron chi connectivity index (χ2n) is 9.98. The first kappa shape index (κ1) is 31.5. The van der Waals surface area contributed by atoms with Crippen LogP contribution >= 0.6 is 23.1 Å². The maximum absolute atomic E-state index is 13.5. The Morgan fingerprint density at radius 3 is 2.59 bits per heavy atom. The van der Waals surface area contributed by atoms with Crippen LogP contribution in [0, 0.1) is 0 Å². The number of amides is 1. The van der Waals surface area contributed by atoms with E-state index in [2.05, 4.69) is 25.5 Å². The Hall–Kier alpha value is -3.92. The van der Waals surface area contributed by atoms with Gasteiger partial charge in [-0.3, -0.25) is 4.79 Å². The lowest BCUT2D eigenvalue weighted by Crippen LogP contribution is -2.44. The Labute approximate surface area is 259 Å². The Bertz CT molecular complexity index is 1640. The van der Waals surface area contributed by atoms with Crippen LogP contribution in [0.2, 0.25) is 0 Å². The number of carbonyl (C=O) groups excluding carboxylic acids is 2. The average Bonchev–Trinajstić information content (AvgIpc) is 3.63. The number of rotatable bonds is 11. The predicted octanol–water partition coefficient (Wildman–Crippen LogP) is 4.49. The molecule has 1 N–H and O–H groups in total. The highest BCUT2D eigenvalue weighted by atomic mass is 32.2. The normalized spacial score (nSPS) is 13.9. The number of aryl methyl sites for hydroxylation is 1. The number of anilines is 1. The van der Waals surface area contributed by atoms with Gasteiger partial charge in [-0.05, 0) is 30.2 Å². The minimum Gasteiger partial charge on any atom is -0.497 e. The van der Waals surface area contributed by atoms with E-state index in [0.717, 1.165) is 33.6 Å². The second-order valence-corrected chi connectivity index (χ2v) is 12.1. The summed E-state index contributed by atoms with van der Waals surface area (Å²) in [5.41, 5.74) is 1.02. The first-order valence-corrected chi connectivity index (χ1v) is 15.7. The summed E-state index contributed by atoms with van der Waals surface area (Å²) in [6.07, 6.45) is -2.93. The van der Waals surface area contributed by atoms with Crippen LogP contribution in [0.4, 0.5) is 19.0 Å². The number of fused-ring (bicyclic) bond motifs is 2. The van der Waals surface area contributed by atoms with Gasteiger partial charge in [-0.25, -0.2) is 14.8 Å². The van der Waals surface area contributed by atoms with Gasteiger partial charge >= 0.3 is 12.1 Å². The van der Waals surface area contributed by atoms with Gasteiger partial charge < -0.3 is 24.3 Å². The predicted molar refractivity (Wildman–Crippen MR) is 160 cm³/mol. The number of carbonyl (C=O) groups is 2. The highest BCUT2D eigenvalue weighted by molar-refractivity contribution is 7.98. The van der Waals surface area contributed by atoms with Crippen molar-refractivity contribution in [2.24, 2.45) is 0 Å². The second kappa shape index (κ2) is 13.4. The number of thiophene rings is 1. The van der Waals surface area contributed by atoms with Gasteiger partial charge in [-0.1, -0.05) is 25.5 Å². The molecule has 1 aliphatic rings. The lowest BCUT2D eigenvalue weighted by atomic mass is 10.2. The zero-order chi connectivity index (χ0) is 31.4. The molecule has 234 valence electrons. The molecule has 0 radical (unpaired) electrons. The summed E-state index contributed by atoms with van der Waals surface area (Å²) in [6, 6.07) is 8.52. The van der Waals surface area contributed by atoms with Crippen molar-refractivity contribution >= 4 is 51.0 Å². The molecule has 0 spiro atoms. The van der Waals surface area contributed by atoms with Gasteiger partial charge in [0.25, 0.3) is 5.91 Å². The van der Waals surface area contributed by atoms with Crippen LogP contribution in [0.25, 0.3) is 10.2 Å². The van der Waals surface area contributed by atoms with E-state index in [1.165, 1.54) is 30.2 Å². The van der Waals surface area contributed by atoms with E-state index in [1.807, 2.05) is 37.3 Å². The average molecular weight is 650 g/mol. The monoisotopic (exact) mass is 649 g/mol. The quantitative estimate of drug-likeness (QED) is 0.233. The van der Waals surface area contributed by atoms with Gasteiger partial charge in [0.15, 0.2) is 5.82 Å². The molecule has 3 aromatic heterocycles. The molecular formula is C28H30F3N7O4S2. The number of aromatic nitrogens is 5. The van der Waals surface area contributed by atoms with Crippen molar-refractivity contribution in [3.63, 3.8) is 0 Å². The summed E-state index contributed by atoms with van der Waals surface area (Å²) in [5.74, 6) is -0.366. The van der Waals surface area contributed by atoms with Gasteiger partial charge in [0.2, 0.25) is 11.6 Å². The van der Waals surface area contributed by atoms with Gasteiger partial charge in [-0.2, -0.15) is 24.9 Å². The number of thioether (sulfide) groups is 1. The summed E-state index contributed by atoms with van der Waals surface area (Å²) >= 11 is 2.87. The molecule has 1 aliphatic heterocycles. The molecule has 0 saturated heterocycles. The first-order valence-electron chi connectivity index (χ1n) is 13.7. The maximum Gasteiger partial charge on any atom is 0.451 e. The molecule has 0 unspecified atom stereocenters. The molecule has 1 amide bonds.